The Labute approximate surface area is 116 Å². The van der Waals surface area contributed by atoms with Gasteiger partial charge in [-0.2, -0.15) is 0 Å². The van der Waals surface area contributed by atoms with Gasteiger partial charge in [-0.3, -0.25) is 0 Å². The number of benzene rings is 1. The Hall–Kier alpha value is -1.11. The van der Waals surface area contributed by atoms with Gasteiger partial charge in [0.15, 0.2) is 0 Å². The second-order valence-electron chi connectivity index (χ2n) is 5.77. The minimum absolute atomic E-state index is 0.639. The van der Waals surface area contributed by atoms with Crippen molar-refractivity contribution in [2.75, 3.05) is 0 Å². The maximum absolute atomic E-state index is 11.9. The summed E-state index contributed by atoms with van der Waals surface area (Å²) in [6.45, 7) is 2.31. The Bertz CT molecular complexity index is 383. The molecule has 1 fully saturated rings. The van der Waals surface area contributed by atoms with Crippen LogP contribution in [0.5, 0.6) is 0 Å². The summed E-state index contributed by atoms with van der Waals surface area (Å²) in [5.41, 5.74) is 2.81. The minimum Gasteiger partial charge on any atom is -0.216 e. The molecule has 1 aliphatic carbocycles. The lowest BCUT2D eigenvalue weighted by molar-refractivity contribution is 0.319. The Morgan fingerprint density at radius 2 is 1.79 bits per heavy atom. The lowest BCUT2D eigenvalue weighted by Crippen LogP contribution is -2.12. The highest BCUT2D eigenvalue weighted by Gasteiger charge is 2.20. The summed E-state index contributed by atoms with van der Waals surface area (Å²) < 4.78 is 11.9. The molecule has 0 radical (unpaired) electrons. The van der Waals surface area contributed by atoms with Crippen molar-refractivity contribution >= 4 is 0 Å². The van der Waals surface area contributed by atoms with Gasteiger partial charge in [0.25, 0.3) is 0 Å². The van der Waals surface area contributed by atoms with E-state index in [1.54, 1.807) is 6.08 Å². The van der Waals surface area contributed by atoms with Crippen LogP contribution in [-0.2, 0) is 6.42 Å². The van der Waals surface area contributed by atoms with Crippen molar-refractivity contribution in [1.29, 1.82) is 0 Å². The van der Waals surface area contributed by atoms with Gasteiger partial charge in [-0.1, -0.05) is 43.7 Å². The Kier molecular flexibility index (Phi) is 5.62. The first-order valence-electron chi connectivity index (χ1n) is 7.67. The van der Waals surface area contributed by atoms with Crippen molar-refractivity contribution in [2.45, 2.75) is 57.8 Å². The molecule has 0 bridgehead atoms. The molecule has 0 spiro atoms. The number of allylic oxidation sites excluding steroid dienone is 1. The molecule has 1 aromatic carbocycles. The molecule has 0 aliphatic heterocycles. The van der Waals surface area contributed by atoms with Gasteiger partial charge in [-0.25, -0.2) is 4.39 Å². The van der Waals surface area contributed by atoms with E-state index in [4.69, 9.17) is 0 Å². The van der Waals surface area contributed by atoms with Crippen molar-refractivity contribution in [1.82, 2.24) is 0 Å². The van der Waals surface area contributed by atoms with E-state index in [1.807, 2.05) is 0 Å². The molecule has 0 nitrogen and oxygen atoms in total. The van der Waals surface area contributed by atoms with Crippen LogP contribution in [0.1, 0.15) is 62.5 Å². The predicted molar refractivity (Wildman–Crippen MR) is 80.0 cm³/mol. The van der Waals surface area contributed by atoms with Crippen LogP contribution < -0.4 is 0 Å². The summed E-state index contributed by atoms with van der Waals surface area (Å²) in [5.74, 6) is 1.73. The van der Waals surface area contributed by atoms with Crippen LogP contribution in [0.2, 0.25) is 0 Å². The van der Waals surface area contributed by atoms with E-state index >= 15 is 0 Å². The SMILES string of the molecule is CC[C@H]1CC[C@H](c2ccc(CCC=CF)cc2)CC1. The van der Waals surface area contributed by atoms with Crippen LogP contribution in [0.3, 0.4) is 0 Å². The van der Waals surface area contributed by atoms with Crippen molar-refractivity contribution in [2.24, 2.45) is 5.92 Å². The highest BCUT2D eigenvalue weighted by molar-refractivity contribution is 5.26. The Morgan fingerprint density at radius 1 is 1.11 bits per heavy atom. The van der Waals surface area contributed by atoms with E-state index in [-0.39, 0.29) is 0 Å². The summed E-state index contributed by atoms with van der Waals surface area (Å²) in [5, 5.41) is 0. The van der Waals surface area contributed by atoms with E-state index in [9.17, 15) is 4.39 Å². The Morgan fingerprint density at radius 3 is 2.37 bits per heavy atom. The molecule has 0 saturated heterocycles. The number of halogens is 1. The van der Waals surface area contributed by atoms with E-state index in [2.05, 4.69) is 31.2 Å². The maximum atomic E-state index is 11.9. The molecule has 1 aliphatic rings. The van der Waals surface area contributed by atoms with Crippen LogP contribution in [-0.4, -0.2) is 0 Å². The van der Waals surface area contributed by atoms with Gasteiger partial charge in [-0.15, -0.1) is 0 Å². The summed E-state index contributed by atoms with van der Waals surface area (Å²) in [6, 6.07) is 9.00. The lowest BCUT2D eigenvalue weighted by Gasteiger charge is -2.28. The molecule has 2 rings (SSSR count). The first-order valence-corrected chi connectivity index (χ1v) is 7.67. The molecule has 1 aromatic rings. The minimum atomic E-state index is 0.639. The molecule has 19 heavy (non-hydrogen) atoms. The van der Waals surface area contributed by atoms with Crippen LogP contribution in [0.4, 0.5) is 4.39 Å². The fourth-order valence-electron chi connectivity index (χ4n) is 3.17. The molecule has 104 valence electrons. The molecule has 0 atom stereocenters. The molecule has 0 N–H and O–H groups in total. The summed E-state index contributed by atoms with van der Waals surface area (Å²) in [6.07, 6.45) is 10.8. The van der Waals surface area contributed by atoms with Gasteiger partial charge in [0.1, 0.15) is 0 Å². The first kappa shape index (κ1) is 14.3. The third-order valence-corrected chi connectivity index (χ3v) is 4.56. The monoisotopic (exact) mass is 260 g/mol. The van der Waals surface area contributed by atoms with Gasteiger partial charge in [0.05, 0.1) is 6.33 Å². The fraction of sp³-hybridized carbons (Fsp3) is 0.556. The average Bonchev–Trinajstić information content (AvgIpc) is 2.48. The van der Waals surface area contributed by atoms with Gasteiger partial charge in [0, 0.05) is 0 Å². The highest BCUT2D eigenvalue weighted by atomic mass is 19.1. The summed E-state index contributed by atoms with van der Waals surface area (Å²) in [7, 11) is 0. The molecular formula is C18H25F. The van der Waals surface area contributed by atoms with E-state index in [0.717, 1.165) is 24.7 Å². The normalized spacial score (nSPS) is 23.9. The number of hydrogen-bond donors (Lipinski definition) is 0. The van der Waals surface area contributed by atoms with Crippen molar-refractivity contribution in [3.05, 3.63) is 47.8 Å². The van der Waals surface area contributed by atoms with Crippen molar-refractivity contribution < 1.29 is 4.39 Å². The molecule has 0 aromatic heterocycles. The molecule has 1 saturated carbocycles. The van der Waals surface area contributed by atoms with Crippen LogP contribution in [0, 0.1) is 5.92 Å². The molecular weight excluding hydrogens is 235 g/mol. The number of aryl methyl sites for hydroxylation is 1. The zero-order chi connectivity index (χ0) is 13.5. The molecule has 0 amide bonds. The van der Waals surface area contributed by atoms with E-state index in [0.29, 0.717) is 6.33 Å². The third kappa shape index (κ3) is 4.19. The van der Waals surface area contributed by atoms with Crippen LogP contribution in [0.25, 0.3) is 0 Å². The fourth-order valence-corrected chi connectivity index (χ4v) is 3.17. The highest BCUT2D eigenvalue weighted by Crippen LogP contribution is 2.36. The largest absolute Gasteiger partial charge is 0.216 e. The number of hydrogen-bond acceptors (Lipinski definition) is 0. The summed E-state index contributed by atoms with van der Waals surface area (Å²) >= 11 is 0. The van der Waals surface area contributed by atoms with Crippen LogP contribution >= 0.6 is 0 Å². The summed E-state index contributed by atoms with van der Waals surface area (Å²) in [4.78, 5) is 0. The van der Waals surface area contributed by atoms with Crippen LogP contribution in [0.15, 0.2) is 36.7 Å². The first-order chi connectivity index (χ1) is 9.33. The maximum Gasteiger partial charge on any atom is 0.0827 e. The topological polar surface area (TPSA) is 0 Å². The van der Waals surface area contributed by atoms with E-state index < -0.39 is 0 Å². The van der Waals surface area contributed by atoms with Crippen molar-refractivity contribution in [3.8, 4) is 0 Å². The average molecular weight is 260 g/mol. The Balaban J connectivity index is 1.88. The van der Waals surface area contributed by atoms with Gasteiger partial charge in [0.2, 0.25) is 0 Å². The van der Waals surface area contributed by atoms with Gasteiger partial charge < -0.3 is 0 Å². The smallest absolute Gasteiger partial charge is 0.0827 e. The third-order valence-electron chi connectivity index (χ3n) is 4.56. The quantitative estimate of drug-likeness (QED) is 0.629. The van der Waals surface area contributed by atoms with Gasteiger partial charge >= 0.3 is 0 Å². The zero-order valence-electron chi connectivity index (χ0n) is 11.9. The molecule has 0 heterocycles. The molecule has 0 unspecified atom stereocenters. The standard InChI is InChI=1S/C18H25F/c1-2-15-6-10-17(11-7-15)18-12-8-16(9-13-18)5-3-4-14-19/h4,8-9,12-15,17H,2-3,5-7,10-11H2,1H3/t15-,17-. The second kappa shape index (κ2) is 7.47. The predicted octanol–water partition coefficient (Wildman–Crippen LogP) is 5.79. The molecule has 1 heteroatoms. The second-order valence-corrected chi connectivity index (χ2v) is 5.77. The van der Waals surface area contributed by atoms with Gasteiger partial charge in [-0.05, 0) is 61.5 Å². The zero-order valence-corrected chi connectivity index (χ0v) is 11.9. The van der Waals surface area contributed by atoms with E-state index in [1.165, 1.54) is 43.2 Å². The van der Waals surface area contributed by atoms with Crippen molar-refractivity contribution in [3.63, 3.8) is 0 Å². The number of rotatable bonds is 5. The lowest BCUT2D eigenvalue weighted by atomic mass is 9.78.